The Balaban J connectivity index is 0.000000141. The zero-order valence-corrected chi connectivity index (χ0v) is 56.6. The molecule has 0 saturated carbocycles. The molecule has 8 aliphatic rings. The van der Waals surface area contributed by atoms with E-state index in [4.69, 9.17) is 61.4 Å². The number of rotatable bonds is 14. The number of aliphatic hydroxyl groups is 1. The summed E-state index contributed by atoms with van der Waals surface area (Å²) in [6.45, 7) is 16.0. The van der Waals surface area contributed by atoms with Gasteiger partial charge in [-0.25, -0.2) is 19.2 Å². The van der Waals surface area contributed by atoms with E-state index < -0.39 is 90.5 Å². The molecule has 0 spiro atoms. The minimum Gasteiger partial charge on any atom is -0.400 e. The van der Waals surface area contributed by atoms with Gasteiger partial charge in [-0.3, -0.25) is 66.7 Å². The van der Waals surface area contributed by atoms with Crippen molar-refractivity contribution < 1.29 is 53.4 Å². The molecule has 512 valence electrons. The first kappa shape index (κ1) is 67.7. The molecule has 0 aliphatic carbocycles. The Hall–Kier alpha value is -7.23. The maximum Gasteiger partial charge on any atom is 0.330 e. The Kier molecular flexibility index (Phi) is 20.0. The van der Waals surface area contributed by atoms with Gasteiger partial charge in [0.25, 0.3) is 22.2 Å². The Labute approximate surface area is 558 Å². The normalized spacial score (nSPS) is 32.1. The van der Waals surface area contributed by atoms with Crippen molar-refractivity contribution in [2.45, 2.75) is 152 Å². The van der Waals surface area contributed by atoms with Crippen molar-refractivity contribution in [2.75, 3.05) is 46.8 Å². The summed E-state index contributed by atoms with van der Waals surface area (Å²) in [6, 6.07) is 2.00. The number of aryl methyl sites for hydroxylation is 2. The lowest BCUT2D eigenvalue weighted by Crippen LogP contribution is -2.41. The number of nitriles is 1. The number of aromatic amines is 4. The van der Waals surface area contributed by atoms with Crippen molar-refractivity contribution >= 4 is 31.0 Å². The second-order valence-corrected chi connectivity index (χ2v) is 26.5. The van der Waals surface area contributed by atoms with Crippen molar-refractivity contribution in [3.8, 4) is 40.9 Å². The number of ether oxygens (including phenoxy) is 8. The molecule has 0 amide bonds. The quantitative estimate of drug-likeness (QED) is 0.0440. The van der Waals surface area contributed by atoms with Gasteiger partial charge < -0.3 is 52.1 Å². The van der Waals surface area contributed by atoms with Gasteiger partial charge >= 0.3 is 22.8 Å². The second-order valence-electron chi connectivity index (χ2n) is 24.0. The van der Waals surface area contributed by atoms with Crippen LogP contribution >= 0.6 is 31.0 Å². The predicted molar refractivity (Wildman–Crippen MR) is 342 cm³/mol. The molecule has 8 fully saturated rings. The van der Waals surface area contributed by atoms with Crippen LogP contribution in [0.4, 0.5) is 0 Å². The van der Waals surface area contributed by atoms with Crippen molar-refractivity contribution in [1.82, 2.24) is 68.2 Å². The smallest absolute Gasteiger partial charge is 0.330 e. The summed E-state index contributed by atoms with van der Waals surface area (Å²) in [6.07, 6.45) is 12.5. The molecule has 14 rings (SSSR count). The maximum atomic E-state index is 12.6. The summed E-state index contributed by atoms with van der Waals surface area (Å²) < 4.78 is 81.7. The topological polar surface area (TPSA) is 417 Å². The van der Waals surface area contributed by atoms with Crippen LogP contribution in [0.2, 0.25) is 0 Å². The molecule has 1 unspecified atom stereocenters. The number of nitrogens with one attached hydrogen (secondary N) is 4. The number of fused-ring (bicyclic) bond motifs is 8. The molecule has 8 saturated heterocycles. The van der Waals surface area contributed by atoms with Gasteiger partial charge in [-0.1, -0.05) is 57.9 Å². The van der Waals surface area contributed by atoms with E-state index in [1.54, 1.807) is 33.2 Å². The van der Waals surface area contributed by atoms with Crippen molar-refractivity contribution in [3.63, 3.8) is 0 Å². The van der Waals surface area contributed by atoms with Crippen molar-refractivity contribution in [1.29, 1.82) is 6.69 Å². The van der Waals surface area contributed by atoms with Gasteiger partial charge in [0.15, 0.2) is 33.3 Å². The highest BCUT2D eigenvalue weighted by molar-refractivity contribution is 14.1. The first-order valence-electron chi connectivity index (χ1n) is 31.5. The van der Waals surface area contributed by atoms with Gasteiger partial charge in [-0.15, -0.1) is 16.6 Å². The van der Waals surface area contributed by atoms with E-state index in [0.29, 0.717) is 34.8 Å². The monoisotopic (exact) mass is 1460 g/mol. The summed E-state index contributed by atoms with van der Waals surface area (Å²) in [5.74, 6) is 2.86. The molecule has 95 heavy (non-hydrogen) atoms. The first-order valence-corrected chi connectivity index (χ1v) is 33.1. The molecule has 0 aromatic carbocycles. The van der Waals surface area contributed by atoms with E-state index in [0.717, 1.165) is 19.3 Å². The average Bonchev–Trinajstić information content (AvgIpc) is 2.52. The largest absolute Gasteiger partial charge is 0.400 e. The number of nitrogens with zero attached hydrogens (tertiary/aromatic N) is 11. The fourth-order valence-electron chi connectivity index (χ4n) is 13.1. The molecule has 17 atom stereocenters. The van der Waals surface area contributed by atoms with E-state index in [9.17, 15) is 38.4 Å². The van der Waals surface area contributed by atoms with Crippen LogP contribution in [0.1, 0.15) is 106 Å². The van der Waals surface area contributed by atoms with E-state index >= 15 is 0 Å². The number of H-pyrrole nitrogens is 4. The average molecular weight is 1460 g/mol. The van der Waals surface area contributed by atoms with E-state index in [-0.39, 0.29) is 102 Å². The van der Waals surface area contributed by atoms with Crippen LogP contribution < -0.4 is 45.0 Å². The lowest BCUT2D eigenvalue weighted by Gasteiger charge is -2.31. The highest BCUT2D eigenvalue weighted by atomic mass is 127. The molecule has 14 heterocycles. The molecule has 34 nitrogen and oxygen atoms in total. The summed E-state index contributed by atoms with van der Waals surface area (Å²) in [5.41, 5.74) is -5.12. The fourth-order valence-corrected chi connectivity index (χ4v) is 14.6. The first-order chi connectivity index (χ1) is 46.2. The molecular weight excluding hydrogens is 1380 g/mol. The van der Waals surface area contributed by atoms with E-state index in [2.05, 4.69) is 79.3 Å². The third kappa shape index (κ3) is 13.0. The highest BCUT2D eigenvalue weighted by Gasteiger charge is 2.63. The van der Waals surface area contributed by atoms with Crippen LogP contribution in [0.15, 0.2) is 75.5 Å². The zero-order chi connectivity index (χ0) is 70.2. The fraction of sp³-hybridized carbons (Fsp3) is 0.610. The van der Waals surface area contributed by atoms with Crippen LogP contribution in [-0.2, 0) is 61.0 Å². The van der Waals surface area contributed by atoms with Gasteiger partial charge in [0.1, 0.15) is 53.1 Å². The SMILES string of the molecule is C#Cc1cn([C@@H]2O[C@@]3(CC)CO[C@@H]2[C@@H]3C)c(=O)[nH]c1=O.CC[C@@]12CO[C@@H]([C@H](n3cc(-c4cn(C)nn4)c(=O)[nH]c3=O)O1)[C@@H]2C.CC[C@@]12CO[C@@H]([C@H](n3cc(I)c(=O)[nH]c3=O)O1)[C@@H]2C.[2H]C[C@@]12CO[C@@H]([C@H](n3cc(-c4cn(C)nn4)c(=O)[nH]c3=O)O1)[C@@H]2OP(C)OCCC#N.[3H]OC. The highest BCUT2D eigenvalue weighted by Crippen LogP contribution is 2.54. The lowest BCUT2D eigenvalue weighted by atomic mass is 9.88. The van der Waals surface area contributed by atoms with Crippen molar-refractivity contribution in [3.05, 3.63) is 130 Å². The molecule has 6 aromatic rings. The standard InChI is InChI=1S/C17H21N6O6P.C15H19N5O4.C14H16N2O4.C12H15IN2O4.CH4O/c1-17-9-26-12(13(17)29-30(3)27-6-4-5-18)15(28-17)23-7-10(14(24)19-16(23)25)11-8-22(2)21-20-11;1-4-15-7-23-11(8(15)2)13(24-15)20-5-9(12(21)16-14(20)22)10-6-19(3)18-17-10;1-4-9-6-16(13(18)15-11(9)17)12-10-8(3)14(5-2,20-12)7-19-10;1-3-12-5-18-8(6(12)2)10(19-12)15-4-7(13)9(16)14-11(15)17;1-2/h7-8,12-13,15H,4,6,9H2,1-3H3,(H,19,24,25);5-6,8,11,13H,4,7H2,1-3H3,(H,16,21,22);1,6,8,10,12H,5,7H2,2-3H3,(H,15,17,18);4,6,8,10H,3,5H2,1-2H3,(H,14,16,17);2H,1H3/t12-,13+,15-,17+,30?;8-,11+,13+,15-;8-,10+,12+,14-;6-,8+,10+,12-;/m1000./s1/i1D;;;;2T. The Morgan fingerprint density at radius 2 is 1.06 bits per heavy atom. The third-order valence-corrected chi connectivity index (χ3v) is 20.6. The lowest BCUT2D eigenvalue weighted by molar-refractivity contribution is -0.174. The molecule has 8 aliphatic heterocycles. The molecule has 5 N–H and O–H groups in total. The summed E-state index contributed by atoms with van der Waals surface area (Å²) >= 11 is 1.90. The Morgan fingerprint density at radius 1 is 0.663 bits per heavy atom. The molecule has 0 radical (unpaired) electrons. The molecular formula is C59H75IN15O19P. The molecule has 6 aromatic heterocycles. The van der Waals surface area contributed by atoms with Gasteiger partial charge in [-0.05, 0) is 48.8 Å². The predicted octanol–water partition coefficient (Wildman–Crippen LogP) is 1.01. The number of hydrogen-bond acceptors (Lipinski definition) is 24. The number of terminal acetylenes is 1. The second kappa shape index (κ2) is 28.1. The zero-order valence-electron chi connectivity index (χ0n) is 55.5. The molecule has 8 bridgehead atoms. The Morgan fingerprint density at radius 3 is 1.45 bits per heavy atom. The molecule has 36 heteroatoms. The summed E-state index contributed by atoms with van der Waals surface area (Å²) in [4.78, 5) is 105. The van der Waals surface area contributed by atoms with Gasteiger partial charge in [0, 0.05) is 71.8 Å². The minimum atomic E-state index is -1.36. The summed E-state index contributed by atoms with van der Waals surface area (Å²) in [5, 5.41) is 27.7. The van der Waals surface area contributed by atoms with Crippen molar-refractivity contribution in [2.24, 2.45) is 31.8 Å². The van der Waals surface area contributed by atoms with Crippen LogP contribution in [-0.4, -0.2) is 174 Å². The Bertz CT molecular complexity index is 4460. The number of halogens is 1. The minimum absolute atomic E-state index is 0.106. The summed E-state index contributed by atoms with van der Waals surface area (Å²) in [7, 11) is 3.31. The number of aliphatic hydroxyl groups excluding tert-OH is 1. The number of hydrogen-bond donors (Lipinski definition) is 5. The maximum absolute atomic E-state index is 12.6. The van der Waals surface area contributed by atoms with Crippen LogP contribution in [0, 0.1) is 45.0 Å². The van der Waals surface area contributed by atoms with Crippen LogP contribution in [0.5, 0.6) is 0 Å². The van der Waals surface area contributed by atoms with Crippen LogP contribution in [0.3, 0.4) is 0 Å². The third-order valence-electron chi connectivity index (χ3n) is 18.8. The number of aromatic nitrogens is 14. The van der Waals surface area contributed by atoms with E-state index in [1.807, 2.05) is 42.5 Å². The van der Waals surface area contributed by atoms with Crippen LogP contribution in [0.25, 0.3) is 22.5 Å². The van der Waals surface area contributed by atoms with Gasteiger partial charge in [0.05, 0.1) is 89.4 Å². The van der Waals surface area contributed by atoms with E-state index in [1.165, 1.54) is 59.5 Å². The van der Waals surface area contributed by atoms with Gasteiger partial charge in [-0.2, -0.15) is 5.26 Å². The van der Waals surface area contributed by atoms with Gasteiger partial charge in [0.2, 0.25) is 1.43 Å².